The van der Waals surface area contributed by atoms with E-state index in [0.29, 0.717) is 12.0 Å². The predicted octanol–water partition coefficient (Wildman–Crippen LogP) is 3.26. The van der Waals surface area contributed by atoms with Gasteiger partial charge in [0.05, 0.1) is 35.6 Å². The normalized spacial score (nSPS) is 33.9. The number of amides is 1. The third kappa shape index (κ3) is 7.00. The highest BCUT2D eigenvalue weighted by molar-refractivity contribution is 5.94. The van der Waals surface area contributed by atoms with Gasteiger partial charge >= 0.3 is 24.0 Å². The number of carbonyl (C=O) groups excluding carboxylic acids is 5. The van der Waals surface area contributed by atoms with Crippen LogP contribution in [-0.4, -0.2) is 111 Å². The monoisotopic (exact) mass is 807 g/mol. The molecule has 1 heterocycles. The van der Waals surface area contributed by atoms with Crippen LogP contribution >= 0.6 is 0 Å². The van der Waals surface area contributed by atoms with Gasteiger partial charge in [-0.1, -0.05) is 69.3 Å². The molecule has 1 aliphatic heterocycles. The van der Waals surface area contributed by atoms with Gasteiger partial charge in [0.15, 0.2) is 17.5 Å². The fourth-order valence-electron chi connectivity index (χ4n) is 9.55. The molecule has 0 spiro atoms. The van der Waals surface area contributed by atoms with Crippen LogP contribution in [-0.2, 0) is 38.1 Å². The van der Waals surface area contributed by atoms with E-state index in [0.717, 1.165) is 6.92 Å². The molecule has 12 atom stereocenters. The van der Waals surface area contributed by atoms with Gasteiger partial charge in [-0.3, -0.25) is 9.59 Å². The number of nitrogens with one attached hydrogen (secondary N) is 1. The van der Waals surface area contributed by atoms with Crippen molar-refractivity contribution in [2.45, 2.75) is 128 Å². The molecule has 2 bridgehead atoms. The molecule has 3 aliphatic carbocycles. The second-order valence-corrected chi connectivity index (χ2v) is 16.7. The van der Waals surface area contributed by atoms with Crippen molar-refractivity contribution in [1.82, 2.24) is 5.32 Å². The zero-order valence-electron chi connectivity index (χ0n) is 33.7. The number of aliphatic hydroxyl groups excluding tert-OH is 3. The third-order valence-electron chi connectivity index (χ3n) is 13.1. The summed E-state index contributed by atoms with van der Waals surface area (Å²) in [6.45, 7) is 10.4. The molecule has 1 unspecified atom stereocenters. The standard InChI is InChI=1S/C43H53NO14/c1-8-22(2)55-39(52)44-31(25-15-11-9-12-16-25)33(48)38(51)56-27-20-43(53)36(57-37(50)26-17-13-10-14-18-26)34-41(7,35(49)32(47)30(23(27)3)40(43,5)6)28(46)19-29-42(34,21-54-29)58-24(4)45/h9-18,22,27-29,31-34,36,46-48,53H,8,19-21H2,1-7H3,(H,44,52)/t22?,27-,28-,29+,31-,32+,33+,34-,36-,41+,42-,43+/m0/s1. The Balaban J connectivity index is 1.48. The molecule has 15 nitrogen and oxygen atoms in total. The Morgan fingerprint density at radius 1 is 0.983 bits per heavy atom. The van der Waals surface area contributed by atoms with Crippen LogP contribution < -0.4 is 5.32 Å². The first-order chi connectivity index (χ1) is 27.2. The lowest BCUT2D eigenvalue weighted by atomic mass is 9.44. The number of fused-ring (bicyclic) bond motifs is 5. The van der Waals surface area contributed by atoms with Crippen molar-refractivity contribution < 1.29 is 68.1 Å². The van der Waals surface area contributed by atoms with E-state index < -0.39 is 113 Å². The molecule has 1 saturated heterocycles. The average molecular weight is 808 g/mol. The first-order valence-corrected chi connectivity index (χ1v) is 19.6. The molecule has 4 aliphatic rings. The molecule has 2 aromatic carbocycles. The second kappa shape index (κ2) is 15.8. The van der Waals surface area contributed by atoms with Crippen LogP contribution in [0.5, 0.6) is 0 Å². The Bertz CT molecular complexity index is 1950. The maximum Gasteiger partial charge on any atom is 0.407 e. The van der Waals surface area contributed by atoms with Gasteiger partial charge in [0, 0.05) is 25.2 Å². The van der Waals surface area contributed by atoms with Gasteiger partial charge in [-0.2, -0.15) is 0 Å². The van der Waals surface area contributed by atoms with Crippen LogP contribution in [0.2, 0.25) is 0 Å². The first-order valence-electron chi connectivity index (χ1n) is 19.6. The van der Waals surface area contributed by atoms with Gasteiger partial charge in [-0.25, -0.2) is 14.4 Å². The lowest BCUT2D eigenvalue weighted by Gasteiger charge is -2.67. The number of Topliss-reactive ketones (excluding diaryl/α,β-unsaturated/α-hetero) is 1. The summed E-state index contributed by atoms with van der Waals surface area (Å²) in [7, 11) is 0. The minimum Gasteiger partial charge on any atom is -0.456 e. The summed E-state index contributed by atoms with van der Waals surface area (Å²) in [6, 6.07) is 14.7. The largest absolute Gasteiger partial charge is 0.456 e. The number of esters is 3. The smallest absolute Gasteiger partial charge is 0.407 e. The van der Waals surface area contributed by atoms with Gasteiger partial charge in [0.25, 0.3) is 0 Å². The van der Waals surface area contributed by atoms with Crippen LogP contribution in [0.25, 0.3) is 0 Å². The summed E-state index contributed by atoms with van der Waals surface area (Å²) in [6.07, 6.45) is -11.4. The van der Waals surface area contributed by atoms with Crippen molar-refractivity contribution >= 4 is 29.8 Å². The minimum absolute atomic E-state index is 0.0606. The Hall–Kier alpha value is -4.67. The number of hydrogen-bond donors (Lipinski definition) is 5. The van der Waals surface area contributed by atoms with Gasteiger partial charge < -0.3 is 49.4 Å². The molecule has 2 aromatic rings. The van der Waals surface area contributed by atoms with E-state index in [1.807, 2.05) is 6.92 Å². The number of ketones is 1. The van der Waals surface area contributed by atoms with Crippen molar-refractivity contribution in [1.29, 1.82) is 0 Å². The van der Waals surface area contributed by atoms with Gasteiger partial charge in [0.2, 0.25) is 0 Å². The SMILES string of the molecule is CCC(C)OC(=O)N[C@@H](c1ccccc1)[C@@H](O)C(=O)O[C@H]1C[C@@]2(O)[C@@H](OC(=O)c3ccccc3)[C@@H]3[C@]4(OC(C)=O)CO[C@@H]4C[C@H](O)[C@@]3(C)C(=O)[C@H](O)C(=C1C)C2(C)C. The summed E-state index contributed by atoms with van der Waals surface area (Å²) >= 11 is 0. The fourth-order valence-corrected chi connectivity index (χ4v) is 9.55. The van der Waals surface area contributed by atoms with Gasteiger partial charge in [0.1, 0.15) is 36.1 Å². The summed E-state index contributed by atoms with van der Waals surface area (Å²) in [5.74, 6) is -5.35. The Morgan fingerprint density at radius 2 is 1.60 bits per heavy atom. The lowest BCUT2D eigenvalue weighted by Crippen LogP contribution is -2.81. The maximum atomic E-state index is 14.9. The fraction of sp³-hybridized carbons (Fsp3) is 0.558. The number of rotatable bonds is 10. The topological polar surface area (TPSA) is 224 Å². The third-order valence-corrected chi connectivity index (χ3v) is 13.1. The van der Waals surface area contributed by atoms with E-state index >= 15 is 0 Å². The number of ether oxygens (including phenoxy) is 5. The van der Waals surface area contributed by atoms with Crippen molar-refractivity contribution in [2.24, 2.45) is 16.7 Å². The number of alkyl carbamates (subject to hydrolysis) is 1. The molecule has 2 saturated carbocycles. The number of aliphatic hydroxyl groups is 4. The summed E-state index contributed by atoms with van der Waals surface area (Å²) in [5, 5.41) is 51.6. The molecule has 5 N–H and O–H groups in total. The molecule has 0 aromatic heterocycles. The quantitative estimate of drug-likeness (QED) is 0.132. The van der Waals surface area contributed by atoms with Crippen molar-refractivity contribution in [3.8, 4) is 0 Å². The first kappa shape index (κ1) is 42.9. The van der Waals surface area contributed by atoms with Crippen LogP contribution in [0.4, 0.5) is 4.79 Å². The molecule has 1 amide bonds. The molecular formula is C43H53NO14. The maximum absolute atomic E-state index is 14.9. The van der Waals surface area contributed by atoms with E-state index in [2.05, 4.69) is 5.32 Å². The molecule has 314 valence electrons. The number of benzene rings is 2. The zero-order chi connectivity index (χ0) is 42.5. The van der Waals surface area contributed by atoms with Crippen molar-refractivity contribution in [2.75, 3.05) is 6.61 Å². The minimum atomic E-state index is -2.35. The highest BCUT2D eigenvalue weighted by atomic mass is 16.6. The number of hydrogen-bond acceptors (Lipinski definition) is 14. The second-order valence-electron chi connectivity index (χ2n) is 16.7. The highest BCUT2D eigenvalue weighted by Gasteiger charge is 2.78. The Morgan fingerprint density at radius 3 is 2.17 bits per heavy atom. The van der Waals surface area contributed by atoms with Crippen LogP contribution in [0.3, 0.4) is 0 Å². The average Bonchev–Trinajstić information content (AvgIpc) is 3.18. The molecule has 15 heteroatoms. The number of carbonyl (C=O) groups is 5. The van der Waals surface area contributed by atoms with Crippen molar-refractivity contribution in [3.63, 3.8) is 0 Å². The van der Waals surface area contributed by atoms with Crippen LogP contribution in [0.15, 0.2) is 71.8 Å². The highest BCUT2D eigenvalue weighted by Crippen LogP contribution is 2.64. The van der Waals surface area contributed by atoms with Gasteiger partial charge in [-0.05, 0) is 56.0 Å². The molecule has 6 rings (SSSR count). The van der Waals surface area contributed by atoms with Gasteiger partial charge in [-0.15, -0.1) is 0 Å². The molecule has 0 radical (unpaired) electrons. The Kier molecular flexibility index (Phi) is 11.7. The van der Waals surface area contributed by atoms with E-state index in [-0.39, 0.29) is 29.7 Å². The summed E-state index contributed by atoms with van der Waals surface area (Å²) in [4.78, 5) is 68.9. The molecule has 3 fully saturated rings. The molecular weight excluding hydrogens is 754 g/mol. The van der Waals surface area contributed by atoms with E-state index in [4.69, 9.17) is 23.7 Å². The van der Waals surface area contributed by atoms with Crippen molar-refractivity contribution in [3.05, 3.63) is 82.9 Å². The van der Waals surface area contributed by atoms with E-state index in [1.54, 1.807) is 69.3 Å². The summed E-state index contributed by atoms with van der Waals surface area (Å²) in [5.41, 5.74) is -7.19. The Labute approximate surface area is 336 Å². The van der Waals surface area contributed by atoms with E-state index in [1.165, 1.54) is 26.0 Å². The van der Waals surface area contributed by atoms with Crippen LogP contribution in [0, 0.1) is 16.7 Å². The van der Waals surface area contributed by atoms with E-state index in [9.17, 15) is 44.4 Å². The summed E-state index contributed by atoms with van der Waals surface area (Å²) < 4.78 is 29.5. The molecule has 58 heavy (non-hydrogen) atoms. The lowest BCUT2D eigenvalue weighted by molar-refractivity contribution is -0.346. The van der Waals surface area contributed by atoms with Crippen LogP contribution in [0.1, 0.15) is 89.7 Å². The zero-order valence-corrected chi connectivity index (χ0v) is 33.7. The predicted molar refractivity (Wildman–Crippen MR) is 204 cm³/mol.